The Labute approximate surface area is 115 Å². The number of rotatable bonds is 5. The van der Waals surface area contributed by atoms with Gasteiger partial charge in [0.15, 0.2) is 0 Å². The quantitative estimate of drug-likeness (QED) is 0.634. The number of hydrogen-bond donors (Lipinski definition) is 2. The van der Waals surface area contributed by atoms with Crippen molar-refractivity contribution in [1.82, 2.24) is 10.6 Å². The van der Waals surface area contributed by atoms with E-state index in [-0.39, 0.29) is 5.56 Å². The van der Waals surface area contributed by atoms with Crippen molar-refractivity contribution in [1.29, 1.82) is 0 Å². The zero-order valence-electron chi connectivity index (χ0n) is 10.9. The van der Waals surface area contributed by atoms with Crippen molar-refractivity contribution in [3.8, 4) is 0 Å². The van der Waals surface area contributed by atoms with Gasteiger partial charge in [-0.05, 0) is 37.9 Å². The summed E-state index contributed by atoms with van der Waals surface area (Å²) in [6.07, 6.45) is 2.98. The lowest BCUT2D eigenvalue weighted by molar-refractivity contribution is -0.385. The van der Waals surface area contributed by atoms with E-state index in [2.05, 4.69) is 10.6 Å². The fourth-order valence-corrected chi connectivity index (χ4v) is 2.31. The van der Waals surface area contributed by atoms with Crippen LogP contribution in [0.4, 0.5) is 10.1 Å². The molecular weight excluding hydrogens is 265 g/mol. The second-order valence-electron chi connectivity index (χ2n) is 4.76. The average molecular weight is 281 g/mol. The van der Waals surface area contributed by atoms with Gasteiger partial charge in [-0.3, -0.25) is 14.9 Å². The molecule has 1 aliphatic rings. The minimum Gasteiger partial charge on any atom is -0.352 e. The fourth-order valence-electron chi connectivity index (χ4n) is 2.31. The predicted molar refractivity (Wildman–Crippen MR) is 71.0 cm³/mol. The second kappa shape index (κ2) is 6.42. The molecule has 1 atom stereocenters. The molecule has 0 saturated carbocycles. The van der Waals surface area contributed by atoms with E-state index in [1.165, 1.54) is 0 Å². The summed E-state index contributed by atoms with van der Waals surface area (Å²) in [5, 5.41) is 16.7. The van der Waals surface area contributed by atoms with Gasteiger partial charge in [-0.1, -0.05) is 0 Å². The molecule has 1 fully saturated rings. The molecule has 0 unspecified atom stereocenters. The van der Waals surface area contributed by atoms with Crippen LogP contribution in [0, 0.1) is 15.9 Å². The maximum atomic E-state index is 13.0. The smallest absolute Gasteiger partial charge is 0.285 e. The van der Waals surface area contributed by atoms with Crippen molar-refractivity contribution < 1.29 is 14.1 Å². The first-order valence-electron chi connectivity index (χ1n) is 6.53. The molecule has 0 aromatic heterocycles. The van der Waals surface area contributed by atoms with E-state index in [1.807, 2.05) is 0 Å². The summed E-state index contributed by atoms with van der Waals surface area (Å²) in [7, 11) is 0. The van der Waals surface area contributed by atoms with Crippen LogP contribution in [0.3, 0.4) is 0 Å². The van der Waals surface area contributed by atoms with E-state index in [9.17, 15) is 19.3 Å². The third-order valence-electron chi connectivity index (χ3n) is 3.34. The zero-order valence-corrected chi connectivity index (χ0v) is 10.9. The first-order valence-corrected chi connectivity index (χ1v) is 6.53. The normalized spacial score (nSPS) is 17.9. The predicted octanol–water partition coefficient (Wildman–Crippen LogP) is 1.61. The summed E-state index contributed by atoms with van der Waals surface area (Å²) in [5.74, 6) is -1.28. The largest absolute Gasteiger partial charge is 0.352 e. The highest BCUT2D eigenvalue weighted by Gasteiger charge is 2.21. The van der Waals surface area contributed by atoms with Gasteiger partial charge in [-0.2, -0.15) is 0 Å². The molecule has 1 heterocycles. The van der Waals surface area contributed by atoms with Gasteiger partial charge in [0, 0.05) is 12.6 Å². The molecule has 7 heteroatoms. The number of halogens is 1. The molecule has 108 valence electrons. The molecule has 1 aromatic rings. The molecule has 1 aliphatic heterocycles. The minimum atomic E-state index is -0.753. The van der Waals surface area contributed by atoms with Crippen LogP contribution in [0.1, 0.15) is 29.6 Å². The molecular formula is C13H16FN3O3. The number of nitrogens with zero attached hydrogens (tertiary/aromatic N) is 1. The third-order valence-corrected chi connectivity index (χ3v) is 3.34. The molecule has 0 spiro atoms. The van der Waals surface area contributed by atoms with Gasteiger partial charge in [0.2, 0.25) is 0 Å². The van der Waals surface area contributed by atoms with Crippen molar-refractivity contribution in [3.63, 3.8) is 0 Å². The summed E-state index contributed by atoms with van der Waals surface area (Å²) in [4.78, 5) is 22.0. The number of amides is 1. The van der Waals surface area contributed by atoms with E-state index in [0.717, 1.165) is 44.0 Å². The number of benzene rings is 1. The van der Waals surface area contributed by atoms with Crippen LogP contribution in [0.25, 0.3) is 0 Å². The average Bonchev–Trinajstić information content (AvgIpc) is 2.91. The minimum absolute atomic E-state index is 0.115. The second-order valence-corrected chi connectivity index (χ2v) is 4.76. The van der Waals surface area contributed by atoms with Gasteiger partial charge < -0.3 is 10.6 Å². The Balaban J connectivity index is 1.96. The lowest BCUT2D eigenvalue weighted by Gasteiger charge is -2.10. The van der Waals surface area contributed by atoms with Crippen molar-refractivity contribution in [2.24, 2.45) is 0 Å². The summed E-state index contributed by atoms with van der Waals surface area (Å²) < 4.78 is 13.0. The van der Waals surface area contributed by atoms with E-state index in [0.29, 0.717) is 12.6 Å². The highest BCUT2D eigenvalue weighted by Crippen LogP contribution is 2.19. The van der Waals surface area contributed by atoms with Crippen molar-refractivity contribution in [2.75, 3.05) is 13.1 Å². The fraction of sp³-hybridized carbons (Fsp3) is 0.462. The summed E-state index contributed by atoms with van der Waals surface area (Å²) in [6.45, 7) is 1.42. The lowest BCUT2D eigenvalue weighted by atomic mass is 10.1. The highest BCUT2D eigenvalue weighted by atomic mass is 19.1. The number of carbonyl (C=O) groups excluding carboxylic acids is 1. The molecule has 1 saturated heterocycles. The van der Waals surface area contributed by atoms with E-state index >= 15 is 0 Å². The molecule has 0 bridgehead atoms. The van der Waals surface area contributed by atoms with Crippen molar-refractivity contribution in [3.05, 3.63) is 39.7 Å². The van der Waals surface area contributed by atoms with Gasteiger partial charge >= 0.3 is 0 Å². The number of nitrogens with one attached hydrogen (secondary N) is 2. The van der Waals surface area contributed by atoms with Crippen molar-refractivity contribution >= 4 is 11.6 Å². The van der Waals surface area contributed by atoms with Crippen LogP contribution in [-0.2, 0) is 0 Å². The van der Waals surface area contributed by atoms with Crippen LogP contribution < -0.4 is 10.6 Å². The van der Waals surface area contributed by atoms with E-state index in [4.69, 9.17) is 0 Å². The third kappa shape index (κ3) is 3.51. The van der Waals surface area contributed by atoms with Gasteiger partial charge in [0.25, 0.3) is 11.6 Å². The Bertz CT molecular complexity index is 516. The van der Waals surface area contributed by atoms with E-state index < -0.39 is 22.3 Å². The van der Waals surface area contributed by atoms with Gasteiger partial charge in [-0.25, -0.2) is 4.39 Å². The van der Waals surface area contributed by atoms with E-state index in [1.54, 1.807) is 0 Å². The Morgan fingerprint density at radius 3 is 3.00 bits per heavy atom. The molecule has 20 heavy (non-hydrogen) atoms. The van der Waals surface area contributed by atoms with Crippen LogP contribution in [0.15, 0.2) is 18.2 Å². The Morgan fingerprint density at radius 1 is 1.55 bits per heavy atom. The summed E-state index contributed by atoms with van der Waals surface area (Å²) in [5.41, 5.74) is -0.628. The molecule has 0 radical (unpaired) electrons. The van der Waals surface area contributed by atoms with Gasteiger partial charge in [-0.15, -0.1) is 0 Å². The van der Waals surface area contributed by atoms with Crippen LogP contribution in [0.2, 0.25) is 0 Å². The monoisotopic (exact) mass is 281 g/mol. The molecule has 0 aliphatic carbocycles. The van der Waals surface area contributed by atoms with Gasteiger partial charge in [0.1, 0.15) is 11.4 Å². The number of hydrogen-bond acceptors (Lipinski definition) is 4. The number of nitro benzene ring substituents is 1. The first-order chi connectivity index (χ1) is 9.58. The SMILES string of the molecule is O=C(NCC[C@H]1CCCN1)c1ccc(F)cc1[N+](=O)[O-]. The Morgan fingerprint density at radius 2 is 2.35 bits per heavy atom. The summed E-state index contributed by atoms with van der Waals surface area (Å²) in [6, 6.07) is 3.32. The standard InChI is InChI=1S/C13H16FN3O3/c14-9-3-4-11(12(8-9)17(19)20)13(18)16-7-5-10-2-1-6-15-10/h3-4,8,10,15H,1-2,5-7H2,(H,16,18)/t10-/m1/s1. The molecule has 1 amide bonds. The number of nitro groups is 1. The number of carbonyl (C=O) groups is 1. The zero-order chi connectivity index (χ0) is 14.5. The molecule has 6 nitrogen and oxygen atoms in total. The van der Waals surface area contributed by atoms with Gasteiger partial charge in [0.05, 0.1) is 11.0 Å². The van der Waals surface area contributed by atoms with Crippen LogP contribution in [-0.4, -0.2) is 30.0 Å². The Kier molecular flexibility index (Phi) is 4.62. The topological polar surface area (TPSA) is 84.3 Å². The molecule has 1 aromatic carbocycles. The highest BCUT2D eigenvalue weighted by molar-refractivity contribution is 5.98. The maximum Gasteiger partial charge on any atom is 0.285 e. The Hall–Kier alpha value is -2.02. The maximum absolute atomic E-state index is 13.0. The molecule has 2 rings (SSSR count). The lowest BCUT2D eigenvalue weighted by Crippen LogP contribution is -2.30. The van der Waals surface area contributed by atoms with Crippen LogP contribution in [0.5, 0.6) is 0 Å². The van der Waals surface area contributed by atoms with Crippen LogP contribution >= 0.6 is 0 Å². The van der Waals surface area contributed by atoms with Crippen molar-refractivity contribution in [2.45, 2.75) is 25.3 Å². The molecule has 2 N–H and O–H groups in total. The first kappa shape index (κ1) is 14.4. The summed E-state index contributed by atoms with van der Waals surface area (Å²) >= 11 is 0.